The molecule has 9 nitrogen and oxygen atoms in total. The maximum absolute atomic E-state index is 12.7. The third-order valence-corrected chi connectivity index (χ3v) is 5.06. The molecule has 160 valence electrons. The van der Waals surface area contributed by atoms with Gasteiger partial charge in [-0.2, -0.15) is 0 Å². The van der Waals surface area contributed by atoms with E-state index in [2.05, 4.69) is 20.9 Å². The van der Waals surface area contributed by atoms with Crippen LogP contribution in [0.4, 0.5) is 5.69 Å². The van der Waals surface area contributed by atoms with Crippen molar-refractivity contribution in [3.63, 3.8) is 0 Å². The highest BCUT2D eigenvalue weighted by Crippen LogP contribution is 2.32. The van der Waals surface area contributed by atoms with Crippen molar-refractivity contribution in [2.45, 2.75) is 33.4 Å². The number of fused-ring (bicyclic) bond motifs is 1. The number of para-hydroxylation sites is 1. The smallest absolute Gasteiger partial charge is 0.278 e. The number of aromatic nitrogens is 3. The van der Waals surface area contributed by atoms with Crippen molar-refractivity contribution < 1.29 is 19.1 Å². The summed E-state index contributed by atoms with van der Waals surface area (Å²) in [5, 5.41) is 13.6. The predicted molar refractivity (Wildman–Crippen MR) is 113 cm³/mol. The van der Waals surface area contributed by atoms with Crippen molar-refractivity contribution in [3.8, 4) is 11.5 Å². The van der Waals surface area contributed by atoms with Crippen molar-refractivity contribution in [1.82, 2.24) is 20.3 Å². The van der Waals surface area contributed by atoms with Crippen LogP contribution in [0.1, 0.15) is 34.2 Å². The minimum atomic E-state index is -0.356. The van der Waals surface area contributed by atoms with Crippen LogP contribution >= 0.6 is 0 Å². The van der Waals surface area contributed by atoms with Crippen LogP contribution in [0.2, 0.25) is 0 Å². The summed E-state index contributed by atoms with van der Waals surface area (Å²) >= 11 is 0. The Balaban J connectivity index is 1.36. The van der Waals surface area contributed by atoms with E-state index in [1.54, 1.807) is 6.92 Å². The SMILES string of the molecule is CCc1ccccc1NC(=O)c1nnn(CC(=O)NCc2ccc3c(c2)OCO3)c1C. The lowest BCUT2D eigenvalue weighted by Gasteiger charge is -2.09. The summed E-state index contributed by atoms with van der Waals surface area (Å²) in [6, 6.07) is 13.1. The summed E-state index contributed by atoms with van der Waals surface area (Å²) in [7, 11) is 0. The number of amides is 2. The Kier molecular flexibility index (Phi) is 5.83. The van der Waals surface area contributed by atoms with Gasteiger partial charge in [-0.05, 0) is 42.7 Å². The highest BCUT2D eigenvalue weighted by Gasteiger charge is 2.19. The Bertz CT molecular complexity index is 1120. The molecule has 0 unspecified atom stereocenters. The van der Waals surface area contributed by atoms with Gasteiger partial charge in [-0.25, -0.2) is 4.68 Å². The van der Waals surface area contributed by atoms with E-state index in [1.165, 1.54) is 4.68 Å². The number of hydrogen-bond donors (Lipinski definition) is 2. The van der Waals surface area contributed by atoms with E-state index in [1.807, 2.05) is 49.4 Å². The van der Waals surface area contributed by atoms with Crippen LogP contribution in [0.5, 0.6) is 11.5 Å². The summed E-state index contributed by atoms with van der Waals surface area (Å²) in [5.74, 6) is 0.763. The third-order valence-electron chi connectivity index (χ3n) is 5.06. The van der Waals surface area contributed by atoms with Gasteiger partial charge < -0.3 is 20.1 Å². The van der Waals surface area contributed by atoms with Crippen LogP contribution in [0.15, 0.2) is 42.5 Å². The second-order valence-corrected chi connectivity index (χ2v) is 7.11. The van der Waals surface area contributed by atoms with Crippen molar-refractivity contribution in [2.75, 3.05) is 12.1 Å². The summed E-state index contributed by atoms with van der Waals surface area (Å²) in [5.41, 5.74) is 3.37. The Labute approximate surface area is 179 Å². The van der Waals surface area contributed by atoms with Gasteiger partial charge in [0, 0.05) is 12.2 Å². The Morgan fingerprint density at radius 3 is 2.77 bits per heavy atom. The van der Waals surface area contributed by atoms with Gasteiger partial charge in [0.2, 0.25) is 12.7 Å². The molecule has 0 spiro atoms. The first-order chi connectivity index (χ1) is 15.0. The molecule has 0 aliphatic carbocycles. The fraction of sp³-hybridized carbons (Fsp3) is 0.273. The van der Waals surface area contributed by atoms with Crippen molar-refractivity contribution in [3.05, 3.63) is 65.0 Å². The Morgan fingerprint density at radius 2 is 1.94 bits per heavy atom. The lowest BCUT2D eigenvalue weighted by Crippen LogP contribution is -2.28. The lowest BCUT2D eigenvalue weighted by molar-refractivity contribution is -0.122. The van der Waals surface area contributed by atoms with Gasteiger partial charge in [0.25, 0.3) is 5.91 Å². The Hall–Kier alpha value is -3.88. The first-order valence-corrected chi connectivity index (χ1v) is 9.99. The van der Waals surface area contributed by atoms with Gasteiger partial charge in [-0.3, -0.25) is 9.59 Å². The van der Waals surface area contributed by atoms with E-state index < -0.39 is 0 Å². The second kappa shape index (κ2) is 8.86. The van der Waals surface area contributed by atoms with E-state index in [0.717, 1.165) is 23.2 Å². The number of rotatable bonds is 7. The number of ether oxygens (including phenoxy) is 2. The molecule has 0 radical (unpaired) electrons. The fourth-order valence-electron chi connectivity index (χ4n) is 3.30. The maximum atomic E-state index is 12.7. The van der Waals surface area contributed by atoms with E-state index in [4.69, 9.17) is 9.47 Å². The molecule has 0 bridgehead atoms. The van der Waals surface area contributed by atoms with Gasteiger partial charge in [-0.1, -0.05) is 36.4 Å². The molecule has 3 aromatic rings. The summed E-state index contributed by atoms with van der Waals surface area (Å²) in [6.45, 7) is 4.24. The van der Waals surface area contributed by atoms with Crippen LogP contribution in [0.3, 0.4) is 0 Å². The van der Waals surface area contributed by atoms with Crippen molar-refractivity contribution in [1.29, 1.82) is 0 Å². The summed E-state index contributed by atoms with van der Waals surface area (Å²) in [6.07, 6.45) is 0.797. The van der Waals surface area contributed by atoms with Gasteiger partial charge in [0.15, 0.2) is 17.2 Å². The van der Waals surface area contributed by atoms with Crippen LogP contribution in [0, 0.1) is 6.92 Å². The molecule has 4 rings (SSSR count). The molecule has 2 aromatic carbocycles. The van der Waals surface area contributed by atoms with Gasteiger partial charge in [-0.15, -0.1) is 5.10 Å². The standard InChI is InChI=1S/C22H23N5O4/c1-3-16-6-4-5-7-17(16)24-22(29)21-14(2)27(26-25-21)12-20(28)23-11-15-8-9-18-19(10-15)31-13-30-18/h4-10H,3,11-13H2,1-2H3,(H,23,28)(H,24,29). The zero-order valence-corrected chi connectivity index (χ0v) is 17.3. The maximum Gasteiger partial charge on any atom is 0.278 e. The number of anilines is 1. The lowest BCUT2D eigenvalue weighted by atomic mass is 10.1. The summed E-state index contributed by atoms with van der Waals surface area (Å²) in [4.78, 5) is 25.0. The molecule has 1 aromatic heterocycles. The van der Waals surface area contributed by atoms with Crippen LogP contribution in [-0.4, -0.2) is 33.6 Å². The number of carbonyl (C=O) groups is 2. The zero-order valence-electron chi connectivity index (χ0n) is 17.3. The Morgan fingerprint density at radius 1 is 1.13 bits per heavy atom. The minimum Gasteiger partial charge on any atom is -0.454 e. The zero-order chi connectivity index (χ0) is 21.8. The largest absolute Gasteiger partial charge is 0.454 e. The highest BCUT2D eigenvalue weighted by molar-refractivity contribution is 6.04. The average Bonchev–Trinajstić information content (AvgIpc) is 3.39. The molecular formula is C22H23N5O4. The van der Waals surface area contributed by atoms with Crippen LogP contribution < -0.4 is 20.1 Å². The molecule has 31 heavy (non-hydrogen) atoms. The topological polar surface area (TPSA) is 107 Å². The van der Waals surface area contributed by atoms with Gasteiger partial charge in [0.05, 0.1) is 5.69 Å². The number of carbonyl (C=O) groups excluding carboxylic acids is 2. The van der Waals surface area contributed by atoms with E-state index in [-0.39, 0.29) is 30.8 Å². The number of benzene rings is 2. The van der Waals surface area contributed by atoms with E-state index in [0.29, 0.717) is 23.7 Å². The summed E-state index contributed by atoms with van der Waals surface area (Å²) < 4.78 is 12.0. The molecule has 2 heterocycles. The minimum absolute atomic E-state index is 0.0395. The van der Waals surface area contributed by atoms with Crippen molar-refractivity contribution >= 4 is 17.5 Å². The highest BCUT2D eigenvalue weighted by atomic mass is 16.7. The molecule has 2 N–H and O–H groups in total. The molecule has 0 saturated heterocycles. The number of nitrogens with one attached hydrogen (secondary N) is 2. The molecule has 1 aliphatic heterocycles. The van der Waals surface area contributed by atoms with E-state index in [9.17, 15) is 9.59 Å². The number of hydrogen-bond acceptors (Lipinski definition) is 6. The number of aryl methyl sites for hydroxylation is 1. The third kappa shape index (κ3) is 4.50. The molecule has 0 fully saturated rings. The fourth-order valence-corrected chi connectivity index (χ4v) is 3.30. The molecule has 9 heteroatoms. The van der Waals surface area contributed by atoms with Gasteiger partial charge >= 0.3 is 0 Å². The first kappa shape index (κ1) is 20.4. The first-order valence-electron chi connectivity index (χ1n) is 9.99. The van der Waals surface area contributed by atoms with Gasteiger partial charge in [0.1, 0.15) is 6.54 Å². The van der Waals surface area contributed by atoms with Crippen LogP contribution in [0.25, 0.3) is 0 Å². The van der Waals surface area contributed by atoms with E-state index >= 15 is 0 Å². The molecule has 1 aliphatic rings. The quantitative estimate of drug-likeness (QED) is 0.607. The monoisotopic (exact) mass is 421 g/mol. The molecule has 2 amide bonds. The van der Waals surface area contributed by atoms with Crippen LogP contribution in [-0.2, 0) is 24.3 Å². The second-order valence-electron chi connectivity index (χ2n) is 7.11. The molecule has 0 saturated carbocycles. The van der Waals surface area contributed by atoms with Crippen molar-refractivity contribution in [2.24, 2.45) is 0 Å². The average molecular weight is 421 g/mol. The normalized spacial score (nSPS) is 11.9. The molecular weight excluding hydrogens is 398 g/mol. The molecule has 0 atom stereocenters. The number of nitrogens with zero attached hydrogens (tertiary/aromatic N) is 3. The predicted octanol–water partition coefficient (Wildman–Crippen LogP) is 2.45.